The molecule has 18 heavy (non-hydrogen) atoms. The number of nitrogens with two attached hydrogens (primary N) is 2. The second-order valence-electron chi connectivity index (χ2n) is 3.27. The van der Waals surface area contributed by atoms with E-state index in [0.717, 1.165) is 12.1 Å². The first kappa shape index (κ1) is 14.1. The molecule has 5 nitrogen and oxygen atoms in total. The molecular weight excluding hydrogens is 264 g/mol. The van der Waals surface area contributed by atoms with Crippen LogP contribution in [0, 0.1) is 11.6 Å². The van der Waals surface area contributed by atoms with Crippen molar-refractivity contribution in [3.8, 4) is 0 Å². The second-order valence-corrected chi connectivity index (χ2v) is 3.71. The fraction of sp³-hybridized carbons (Fsp3) is 0.200. The van der Waals surface area contributed by atoms with Gasteiger partial charge >= 0.3 is 6.09 Å². The van der Waals surface area contributed by atoms with Crippen molar-refractivity contribution in [2.45, 2.75) is 0 Å². The van der Waals surface area contributed by atoms with Crippen molar-refractivity contribution < 1.29 is 18.3 Å². The van der Waals surface area contributed by atoms with E-state index in [1.807, 2.05) is 0 Å². The van der Waals surface area contributed by atoms with E-state index in [0.29, 0.717) is 0 Å². The Morgan fingerprint density at radius 3 is 2.33 bits per heavy atom. The molecule has 98 valence electrons. The third kappa shape index (κ3) is 3.81. The number of halogens is 2. The van der Waals surface area contributed by atoms with Gasteiger partial charge in [-0.2, -0.15) is 0 Å². The first-order chi connectivity index (χ1) is 8.41. The van der Waals surface area contributed by atoms with Crippen molar-refractivity contribution in [3.05, 3.63) is 29.3 Å². The van der Waals surface area contributed by atoms with Gasteiger partial charge in [-0.25, -0.2) is 13.6 Å². The number of hydrogen-bond donors (Lipinski definition) is 3. The molecule has 0 unspecified atom stereocenters. The Morgan fingerprint density at radius 1 is 1.33 bits per heavy atom. The molecule has 0 saturated heterocycles. The summed E-state index contributed by atoms with van der Waals surface area (Å²) in [5.74, 6) is -1.67. The van der Waals surface area contributed by atoms with Crippen molar-refractivity contribution in [1.29, 1.82) is 0 Å². The molecule has 1 amide bonds. The minimum absolute atomic E-state index is 0.0171. The third-order valence-electron chi connectivity index (χ3n) is 1.97. The van der Waals surface area contributed by atoms with Gasteiger partial charge in [0.1, 0.15) is 28.9 Å². The van der Waals surface area contributed by atoms with Crippen LogP contribution < -0.4 is 16.8 Å². The van der Waals surface area contributed by atoms with Crippen LogP contribution in [0.2, 0.25) is 0 Å². The van der Waals surface area contributed by atoms with Crippen molar-refractivity contribution >= 4 is 29.0 Å². The predicted octanol–water partition coefficient (Wildman–Crippen LogP) is 1.11. The van der Waals surface area contributed by atoms with Gasteiger partial charge in [0.25, 0.3) is 0 Å². The number of carbonyl (C=O) groups is 1. The molecule has 1 rings (SSSR count). The normalized spacial score (nSPS) is 9.89. The molecule has 0 fully saturated rings. The molecule has 0 aliphatic rings. The van der Waals surface area contributed by atoms with Gasteiger partial charge in [0.2, 0.25) is 0 Å². The Morgan fingerprint density at radius 2 is 1.89 bits per heavy atom. The molecule has 1 aromatic carbocycles. The highest BCUT2D eigenvalue weighted by Crippen LogP contribution is 2.20. The van der Waals surface area contributed by atoms with Gasteiger partial charge < -0.3 is 21.5 Å². The topological polar surface area (TPSA) is 90.4 Å². The summed E-state index contributed by atoms with van der Waals surface area (Å²) < 4.78 is 31.4. The van der Waals surface area contributed by atoms with Crippen LogP contribution in [0.25, 0.3) is 0 Å². The lowest BCUT2D eigenvalue weighted by atomic mass is 10.2. The van der Waals surface area contributed by atoms with Crippen LogP contribution in [-0.4, -0.2) is 24.2 Å². The highest BCUT2D eigenvalue weighted by Gasteiger charge is 2.12. The summed E-state index contributed by atoms with van der Waals surface area (Å²) in [6.07, 6.45) is -0.957. The zero-order chi connectivity index (χ0) is 13.7. The van der Waals surface area contributed by atoms with Gasteiger partial charge in [-0.1, -0.05) is 12.2 Å². The van der Waals surface area contributed by atoms with E-state index in [4.69, 9.17) is 11.5 Å². The number of nitrogens with one attached hydrogen (secondary N) is 1. The Balaban J connectivity index is 2.72. The average Bonchev–Trinajstić information content (AvgIpc) is 2.26. The van der Waals surface area contributed by atoms with Gasteiger partial charge in [-0.3, -0.25) is 0 Å². The number of carbonyl (C=O) groups excluding carboxylic acids is 1. The van der Waals surface area contributed by atoms with E-state index in [1.54, 1.807) is 0 Å². The van der Waals surface area contributed by atoms with Gasteiger partial charge in [0.15, 0.2) is 0 Å². The third-order valence-corrected chi connectivity index (χ3v) is 2.21. The first-order valence-electron chi connectivity index (χ1n) is 4.86. The first-order valence-corrected chi connectivity index (χ1v) is 5.27. The van der Waals surface area contributed by atoms with Gasteiger partial charge in [-0.15, -0.1) is 0 Å². The molecule has 5 N–H and O–H groups in total. The maximum absolute atomic E-state index is 13.5. The molecule has 0 aliphatic carbocycles. The summed E-state index contributed by atoms with van der Waals surface area (Å²) in [5, 5.41) is 2.44. The lowest BCUT2D eigenvalue weighted by Gasteiger charge is -2.10. The molecule has 1 aromatic rings. The lowest BCUT2D eigenvalue weighted by molar-refractivity contribution is 0.161. The standard InChI is InChI=1S/C10H11F2N3O2S/c11-6-3-5(9(13)18)4-7(12)8(6)15-1-2-17-10(14)16/h3-4,15H,1-2H2,(H2,13,18)(H2,14,16). The summed E-state index contributed by atoms with van der Waals surface area (Å²) in [6.45, 7) is -0.0888. The maximum atomic E-state index is 13.5. The van der Waals surface area contributed by atoms with E-state index in [-0.39, 0.29) is 29.4 Å². The Bertz CT molecular complexity index is 459. The summed E-state index contributed by atoms with van der Waals surface area (Å²) in [6, 6.07) is 2.03. The molecule has 0 bridgehead atoms. The average molecular weight is 275 g/mol. The fourth-order valence-electron chi connectivity index (χ4n) is 1.21. The summed E-state index contributed by atoms with van der Waals surface area (Å²) in [5.41, 5.74) is 9.73. The molecule has 0 saturated carbocycles. The van der Waals surface area contributed by atoms with Crippen LogP contribution >= 0.6 is 12.2 Å². The molecule has 0 aromatic heterocycles. The van der Waals surface area contributed by atoms with Crippen LogP contribution in [0.5, 0.6) is 0 Å². The van der Waals surface area contributed by atoms with Crippen LogP contribution in [0.4, 0.5) is 19.3 Å². The van der Waals surface area contributed by atoms with Crippen molar-refractivity contribution in [2.75, 3.05) is 18.5 Å². The van der Waals surface area contributed by atoms with Crippen molar-refractivity contribution in [2.24, 2.45) is 11.5 Å². The zero-order valence-corrected chi connectivity index (χ0v) is 10.0. The van der Waals surface area contributed by atoms with E-state index in [1.165, 1.54) is 0 Å². The maximum Gasteiger partial charge on any atom is 0.404 e. The minimum Gasteiger partial charge on any atom is -0.448 e. The highest BCUT2D eigenvalue weighted by molar-refractivity contribution is 7.80. The lowest BCUT2D eigenvalue weighted by Crippen LogP contribution is -2.19. The molecule has 0 atom stereocenters. The Kier molecular flexibility index (Phi) is 4.78. The number of anilines is 1. The number of ether oxygens (including phenoxy) is 1. The summed E-state index contributed by atoms with van der Waals surface area (Å²) >= 11 is 4.61. The van der Waals surface area contributed by atoms with E-state index >= 15 is 0 Å². The molecule has 0 spiro atoms. The molecule has 8 heteroatoms. The molecule has 0 aliphatic heterocycles. The van der Waals surface area contributed by atoms with E-state index in [2.05, 4.69) is 22.3 Å². The fourth-order valence-corrected chi connectivity index (χ4v) is 1.33. The van der Waals surface area contributed by atoms with Gasteiger partial charge in [-0.05, 0) is 12.1 Å². The number of thiocarbonyl (C=S) groups is 1. The van der Waals surface area contributed by atoms with Crippen LogP contribution in [0.1, 0.15) is 5.56 Å². The Hall–Kier alpha value is -1.96. The van der Waals surface area contributed by atoms with Crippen LogP contribution in [0.3, 0.4) is 0 Å². The zero-order valence-electron chi connectivity index (χ0n) is 9.20. The SMILES string of the molecule is NC(=O)OCCNc1c(F)cc(C(N)=S)cc1F. The van der Waals surface area contributed by atoms with Crippen molar-refractivity contribution in [1.82, 2.24) is 0 Å². The second kappa shape index (κ2) is 6.10. The summed E-state index contributed by atoms with van der Waals surface area (Å²) in [4.78, 5) is 10.2. The number of rotatable bonds is 5. The number of benzene rings is 1. The predicted molar refractivity (Wildman–Crippen MR) is 66.3 cm³/mol. The number of amides is 1. The number of primary amides is 1. The molecule has 0 heterocycles. The van der Waals surface area contributed by atoms with Gasteiger partial charge in [0, 0.05) is 12.1 Å². The van der Waals surface area contributed by atoms with Crippen LogP contribution in [0.15, 0.2) is 12.1 Å². The molecule has 0 radical (unpaired) electrons. The summed E-state index contributed by atoms with van der Waals surface area (Å²) in [7, 11) is 0. The molecular formula is C10H11F2N3O2S. The smallest absolute Gasteiger partial charge is 0.404 e. The van der Waals surface area contributed by atoms with E-state index in [9.17, 15) is 13.6 Å². The minimum atomic E-state index is -0.957. The Labute approximate surface area is 107 Å². The monoisotopic (exact) mass is 275 g/mol. The number of hydrogen-bond acceptors (Lipinski definition) is 4. The quantitative estimate of drug-likeness (QED) is 0.553. The van der Waals surface area contributed by atoms with E-state index < -0.39 is 17.7 Å². The van der Waals surface area contributed by atoms with Crippen molar-refractivity contribution in [3.63, 3.8) is 0 Å². The van der Waals surface area contributed by atoms with Crippen LogP contribution in [-0.2, 0) is 4.74 Å². The largest absolute Gasteiger partial charge is 0.448 e. The van der Waals surface area contributed by atoms with Gasteiger partial charge in [0.05, 0.1) is 0 Å². The highest BCUT2D eigenvalue weighted by atomic mass is 32.1.